The van der Waals surface area contributed by atoms with Crippen molar-refractivity contribution in [2.45, 2.75) is 13.8 Å². The molecule has 0 unspecified atom stereocenters. The van der Waals surface area contributed by atoms with E-state index in [4.69, 9.17) is 10.5 Å². The summed E-state index contributed by atoms with van der Waals surface area (Å²) in [7, 11) is 0. The minimum Gasteiger partial charge on any atom is -0.493 e. The molecule has 0 bridgehead atoms. The Bertz CT molecular complexity index is 653. The number of hydrogen-bond acceptors (Lipinski definition) is 3. The molecular weight excluding hydrogens is 318 g/mol. The Morgan fingerprint density at radius 2 is 2.00 bits per heavy atom. The van der Waals surface area contributed by atoms with E-state index in [1.165, 1.54) is 0 Å². The standard InChI is InChI=1S/C16H16BrNO2/c1-3-20-15-7-4-11(9-14(15)17)16(19)13-6-5-12(18)8-10(13)2/h4-9H,3,18H2,1-2H3. The summed E-state index contributed by atoms with van der Waals surface area (Å²) >= 11 is 3.42. The fraction of sp³-hybridized carbons (Fsp3) is 0.188. The molecular formula is C16H16BrNO2. The lowest BCUT2D eigenvalue weighted by atomic mass is 9.98. The Kier molecular flexibility index (Phi) is 4.45. The number of anilines is 1. The zero-order valence-electron chi connectivity index (χ0n) is 11.4. The molecule has 0 heterocycles. The molecule has 0 spiro atoms. The van der Waals surface area contributed by atoms with Crippen LogP contribution < -0.4 is 10.5 Å². The van der Waals surface area contributed by atoms with Gasteiger partial charge in [0.1, 0.15) is 5.75 Å². The lowest BCUT2D eigenvalue weighted by Gasteiger charge is -2.09. The highest BCUT2D eigenvalue weighted by atomic mass is 79.9. The number of carbonyl (C=O) groups excluding carboxylic acids is 1. The largest absolute Gasteiger partial charge is 0.493 e. The molecule has 104 valence electrons. The number of hydrogen-bond donors (Lipinski definition) is 1. The van der Waals surface area contributed by atoms with Crippen molar-refractivity contribution in [3.8, 4) is 5.75 Å². The van der Waals surface area contributed by atoms with Gasteiger partial charge in [0.25, 0.3) is 0 Å². The Balaban J connectivity index is 2.36. The second-order valence-corrected chi connectivity index (χ2v) is 5.34. The lowest BCUT2D eigenvalue weighted by molar-refractivity contribution is 0.103. The van der Waals surface area contributed by atoms with E-state index in [1.807, 2.05) is 13.8 Å². The third kappa shape index (κ3) is 3.02. The number of nitrogens with two attached hydrogens (primary N) is 1. The SMILES string of the molecule is CCOc1ccc(C(=O)c2ccc(N)cc2C)cc1Br. The molecule has 2 aromatic rings. The Hall–Kier alpha value is -1.81. The Morgan fingerprint density at radius 1 is 1.25 bits per heavy atom. The number of ether oxygens (including phenoxy) is 1. The van der Waals surface area contributed by atoms with Crippen molar-refractivity contribution >= 4 is 27.4 Å². The molecule has 0 atom stereocenters. The second kappa shape index (κ2) is 6.09. The van der Waals surface area contributed by atoms with Crippen LogP contribution in [-0.2, 0) is 0 Å². The maximum absolute atomic E-state index is 12.5. The third-order valence-electron chi connectivity index (χ3n) is 2.99. The number of nitrogen functional groups attached to an aromatic ring is 1. The molecule has 0 saturated heterocycles. The number of carbonyl (C=O) groups is 1. The summed E-state index contributed by atoms with van der Waals surface area (Å²) in [6.07, 6.45) is 0. The molecule has 0 aliphatic heterocycles. The van der Waals surface area contributed by atoms with Crippen LogP contribution in [0, 0.1) is 6.92 Å². The van der Waals surface area contributed by atoms with E-state index in [0.29, 0.717) is 23.4 Å². The quantitative estimate of drug-likeness (QED) is 0.680. The molecule has 0 aliphatic rings. The minimum atomic E-state index is -0.0220. The average Bonchev–Trinajstić information content (AvgIpc) is 2.40. The van der Waals surface area contributed by atoms with Gasteiger partial charge in [-0.05, 0) is 71.7 Å². The molecule has 0 fully saturated rings. The lowest BCUT2D eigenvalue weighted by Crippen LogP contribution is -2.05. The van der Waals surface area contributed by atoms with Gasteiger partial charge in [0.05, 0.1) is 11.1 Å². The van der Waals surface area contributed by atoms with Crippen LogP contribution in [0.5, 0.6) is 5.75 Å². The van der Waals surface area contributed by atoms with Gasteiger partial charge in [-0.15, -0.1) is 0 Å². The van der Waals surface area contributed by atoms with Gasteiger partial charge >= 0.3 is 0 Å². The van der Waals surface area contributed by atoms with Crippen molar-refractivity contribution in [3.63, 3.8) is 0 Å². The van der Waals surface area contributed by atoms with Crippen LogP contribution in [0.15, 0.2) is 40.9 Å². The first-order chi connectivity index (χ1) is 9.52. The van der Waals surface area contributed by atoms with Gasteiger partial charge in [-0.2, -0.15) is 0 Å². The van der Waals surface area contributed by atoms with E-state index in [2.05, 4.69) is 15.9 Å². The van der Waals surface area contributed by atoms with E-state index in [-0.39, 0.29) is 5.78 Å². The van der Waals surface area contributed by atoms with Crippen LogP contribution in [0.1, 0.15) is 28.4 Å². The van der Waals surface area contributed by atoms with Crippen molar-refractivity contribution in [2.24, 2.45) is 0 Å². The molecule has 0 aliphatic carbocycles. The fourth-order valence-corrected chi connectivity index (χ4v) is 2.51. The zero-order valence-corrected chi connectivity index (χ0v) is 13.0. The van der Waals surface area contributed by atoms with Gasteiger partial charge < -0.3 is 10.5 Å². The van der Waals surface area contributed by atoms with E-state index < -0.39 is 0 Å². The number of aryl methyl sites for hydroxylation is 1. The average molecular weight is 334 g/mol. The van der Waals surface area contributed by atoms with Gasteiger partial charge in [-0.3, -0.25) is 4.79 Å². The second-order valence-electron chi connectivity index (χ2n) is 4.48. The topological polar surface area (TPSA) is 52.3 Å². The monoisotopic (exact) mass is 333 g/mol. The van der Waals surface area contributed by atoms with Crippen molar-refractivity contribution in [3.05, 3.63) is 57.6 Å². The third-order valence-corrected chi connectivity index (χ3v) is 3.61. The first-order valence-corrected chi connectivity index (χ1v) is 7.15. The van der Waals surface area contributed by atoms with Crippen LogP contribution in [0.25, 0.3) is 0 Å². The smallest absolute Gasteiger partial charge is 0.193 e. The van der Waals surface area contributed by atoms with Crippen LogP contribution in [0.3, 0.4) is 0 Å². The van der Waals surface area contributed by atoms with Gasteiger partial charge in [-0.1, -0.05) is 0 Å². The summed E-state index contributed by atoms with van der Waals surface area (Å²) in [5, 5.41) is 0. The molecule has 2 aromatic carbocycles. The Morgan fingerprint density at radius 3 is 2.60 bits per heavy atom. The molecule has 0 saturated carbocycles. The van der Waals surface area contributed by atoms with Crippen molar-refractivity contribution < 1.29 is 9.53 Å². The maximum Gasteiger partial charge on any atom is 0.193 e. The molecule has 20 heavy (non-hydrogen) atoms. The van der Waals surface area contributed by atoms with Gasteiger partial charge in [0.15, 0.2) is 5.78 Å². The van der Waals surface area contributed by atoms with Crippen molar-refractivity contribution in [1.82, 2.24) is 0 Å². The van der Waals surface area contributed by atoms with E-state index in [1.54, 1.807) is 36.4 Å². The normalized spacial score (nSPS) is 10.3. The summed E-state index contributed by atoms with van der Waals surface area (Å²) < 4.78 is 6.22. The van der Waals surface area contributed by atoms with E-state index in [9.17, 15) is 4.79 Å². The van der Waals surface area contributed by atoms with Crippen LogP contribution in [-0.4, -0.2) is 12.4 Å². The zero-order chi connectivity index (χ0) is 14.7. The molecule has 4 heteroatoms. The number of ketones is 1. The predicted octanol–water partition coefficient (Wildman–Crippen LogP) is 3.97. The fourth-order valence-electron chi connectivity index (χ4n) is 2.01. The van der Waals surface area contributed by atoms with Gasteiger partial charge in [0, 0.05) is 16.8 Å². The predicted molar refractivity (Wildman–Crippen MR) is 84.3 cm³/mol. The molecule has 0 amide bonds. The molecule has 0 radical (unpaired) electrons. The summed E-state index contributed by atoms with van der Waals surface area (Å²) in [5.41, 5.74) is 8.52. The van der Waals surface area contributed by atoms with Gasteiger partial charge in [0.2, 0.25) is 0 Å². The summed E-state index contributed by atoms with van der Waals surface area (Å²) in [5.74, 6) is 0.712. The summed E-state index contributed by atoms with van der Waals surface area (Å²) in [6, 6.07) is 10.7. The number of rotatable bonds is 4. The molecule has 2 N–H and O–H groups in total. The molecule has 2 rings (SSSR count). The highest BCUT2D eigenvalue weighted by Crippen LogP contribution is 2.27. The maximum atomic E-state index is 12.5. The van der Waals surface area contributed by atoms with Crippen molar-refractivity contribution in [2.75, 3.05) is 12.3 Å². The van der Waals surface area contributed by atoms with Crippen LogP contribution in [0.4, 0.5) is 5.69 Å². The van der Waals surface area contributed by atoms with Crippen LogP contribution >= 0.6 is 15.9 Å². The number of halogens is 1. The van der Waals surface area contributed by atoms with Crippen LogP contribution in [0.2, 0.25) is 0 Å². The number of benzene rings is 2. The highest BCUT2D eigenvalue weighted by Gasteiger charge is 2.13. The highest BCUT2D eigenvalue weighted by molar-refractivity contribution is 9.10. The van der Waals surface area contributed by atoms with E-state index >= 15 is 0 Å². The van der Waals surface area contributed by atoms with Crippen molar-refractivity contribution in [1.29, 1.82) is 0 Å². The first-order valence-electron chi connectivity index (χ1n) is 6.36. The minimum absolute atomic E-state index is 0.0220. The summed E-state index contributed by atoms with van der Waals surface area (Å²) in [6.45, 7) is 4.39. The first kappa shape index (κ1) is 14.6. The Labute approximate surface area is 126 Å². The van der Waals surface area contributed by atoms with E-state index in [0.717, 1.165) is 15.8 Å². The van der Waals surface area contributed by atoms with Gasteiger partial charge in [-0.25, -0.2) is 0 Å². The molecule has 0 aromatic heterocycles. The summed E-state index contributed by atoms with van der Waals surface area (Å²) in [4.78, 5) is 12.5. The molecule has 3 nitrogen and oxygen atoms in total.